The first-order valence-electron chi connectivity index (χ1n) is 13.6. The molecule has 41 heavy (non-hydrogen) atoms. The van der Waals surface area contributed by atoms with Gasteiger partial charge in [-0.2, -0.15) is 4.98 Å². The SMILES string of the molecule is CCCc1ncnc(CCC)c1-n1c(=O)nc(N2CCNC[C@@H]2C)c2cc(F)c(-c3cc(F)cc(F)c3O)[n+](O)c21. The van der Waals surface area contributed by atoms with Crippen LogP contribution in [0.3, 0.4) is 0 Å². The second-order valence-electron chi connectivity index (χ2n) is 10.1. The molecule has 0 amide bonds. The molecule has 1 aromatic carbocycles. The van der Waals surface area contributed by atoms with E-state index in [1.807, 2.05) is 25.7 Å². The number of pyridine rings is 1. The summed E-state index contributed by atoms with van der Waals surface area (Å²) >= 11 is 0. The molecule has 0 spiro atoms. The van der Waals surface area contributed by atoms with Crippen LogP contribution in [0.5, 0.6) is 5.75 Å². The average Bonchev–Trinajstić information content (AvgIpc) is 2.93. The number of fused-ring (bicyclic) bond motifs is 1. The predicted molar refractivity (Wildman–Crippen MR) is 145 cm³/mol. The van der Waals surface area contributed by atoms with Crippen LogP contribution in [-0.4, -0.2) is 55.5 Å². The topological polar surface area (TPSA) is 120 Å². The highest BCUT2D eigenvalue weighted by Crippen LogP contribution is 2.35. The molecule has 0 radical (unpaired) electrons. The third-order valence-electron chi connectivity index (χ3n) is 7.22. The van der Waals surface area contributed by atoms with Crippen molar-refractivity contribution in [3.63, 3.8) is 0 Å². The quantitative estimate of drug-likeness (QED) is 0.229. The maximum absolute atomic E-state index is 15.9. The number of anilines is 1. The summed E-state index contributed by atoms with van der Waals surface area (Å²) in [6.07, 6.45) is 3.70. The van der Waals surface area contributed by atoms with Crippen molar-refractivity contribution in [1.82, 2.24) is 24.8 Å². The monoisotopic (exact) mass is 570 g/mol. The number of rotatable bonds is 7. The fraction of sp³-hybridized carbons (Fsp3) is 0.393. The van der Waals surface area contributed by atoms with Gasteiger partial charge in [-0.3, -0.25) is 0 Å². The molecule has 13 heteroatoms. The minimum atomic E-state index is -1.34. The van der Waals surface area contributed by atoms with E-state index in [1.54, 1.807) is 0 Å². The molecule has 0 unspecified atom stereocenters. The zero-order valence-corrected chi connectivity index (χ0v) is 23.0. The second kappa shape index (κ2) is 11.3. The molecular formula is C28H31F3N7O3+. The van der Waals surface area contributed by atoms with Crippen LogP contribution in [0.4, 0.5) is 19.0 Å². The summed E-state index contributed by atoms with van der Waals surface area (Å²) < 4.78 is 45.9. The normalized spacial score (nSPS) is 15.6. The minimum Gasteiger partial charge on any atom is -0.504 e. The van der Waals surface area contributed by atoms with Crippen LogP contribution in [0, 0.1) is 17.5 Å². The van der Waals surface area contributed by atoms with Gasteiger partial charge in [0.05, 0.1) is 17.0 Å². The number of phenols is 1. The number of piperazine rings is 1. The van der Waals surface area contributed by atoms with Gasteiger partial charge >= 0.3 is 11.3 Å². The molecule has 1 aliphatic heterocycles. The van der Waals surface area contributed by atoms with Crippen molar-refractivity contribution >= 4 is 16.9 Å². The van der Waals surface area contributed by atoms with Crippen LogP contribution in [0.25, 0.3) is 28.0 Å². The van der Waals surface area contributed by atoms with Gasteiger partial charge < -0.3 is 20.5 Å². The largest absolute Gasteiger partial charge is 0.504 e. The van der Waals surface area contributed by atoms with Crippen LogP contribution in [0.2, 0.25) is 0 Å². The summed E-state index contributed by atoms with van der Waals surface area (Å²) in [6, 6.07) is 2.07. The summed E-state index contributed by atoms with van der Waals surface area (Å²) in [4.78, 5) is 29.0. The molecular weight excluding hydrogens is 539 g/mol. The standard InChI is InChI=1S/C28H30F3N7O3/c1-4-6-21-24(22(7-5-2)34-14-33-21)37-27-18(26(35-28(37)40)36-9-8-32-13-15(36)3)12-19(30)23(38(27)41)17-10-16(29)11-20(31)25(17)39/h10-12,14-15,32,41H,4-9,13H2,1-3H3/p+1/t15-/m0/s1. The van der Waals surface area contributed by atoms with Crippen molar-refractivity contribution in [2.45, 2.75) is 52.5 Å². The smallest absolute Gasteiger partial charge is 0.442 e. The summed E-state index contributed by atoms with van der Waals surface area (Å²) in [5, 5.41) is 25.4. The van der Waals surface area contributed by atoms with Crippen LogP contribution >= 0.6 is 0 Å². The third kappa shape index (κ3) is 4.94. The highest BCUT2D eigenvalue weighted by atomic mass is 19.1. The number of aromatic nitrogens is 5. The molecule has 4 heterocycles. The first-order chi connectivity index (χ1) is 19.7. The van der Waals surface area contributed by atoms with Gasteiger partial charge in [0.15, 0.2) is 28.9 Å². The van der Waals surface area contributed by atoms with Crippen molar-refractivity contribution in [1.29, 1.82) is 0 Å². The minimum absolute atomic E-state index is 0.0761. The zero-order valence-electron chi connectivity index (χ0n) is 23.0. The number of hydrogen-bond acceptors (Lipinski definition) is 8. The van der Waals surface area contributed by atoms with E-state index in [-0.39, 0.29) is 22.9 Å². The number of aromatic hydroxyl groups is 1. The van der Waals surface area contributed by atoms with Crippen LogP contribution in [-0.2, 0) is 12.8 Å². The van der Waals surface area contributed by atoms with Crippen LogP contribution in [0.1, 0.15) is 45.0 Å². The third-order valence-corrected chi connectivity index (χ3v) is 7.22. The molecule has 0 aliphatic carbocycles. The molecule has 1 aliphatic rings. The number of nitrogens with zero attached hydrogens (tertiary/aromatic N) is 6. The van der Waals surface area contributed by atoms with Gasteiger partial charge in [-0.1, -0.05) is 26.7 Å². The molecule has 1 saturated heterocycles. The Morgan fingerprint density at radius 2 is 1.76 bits per heavy atom. The predicted octanol–water partition coefficient (Wildman–Crippen LogP) is 3.19. The average molecular weight is 571 g/mol. The van der Waals surface area contributed by atoms with E-state index < -0.39 is 40.1 Å². The highest BCUT2D eigenvalue weighted by Gasteiger charge is 2.35. The molecule has 5 rings (SSSR count). The molecule has 216 valence electrons. The van der Waals surface area contributed by atoms with Crippen molar-refractivity contribution < 1.29 is 28.2 Å². The Balaban J connectivity index is 1.96. The van der Waals surface area contributed by atoms with Crippen molar-refractivity contribution in [3.05, 3.63) is 63.9 Å². The van der Waals surface area contributed by atoms with E-state index in [1.165, 1.54) is 6.33 Å². The van der Waals surface area contributed by atoms with E-state index in [0.29, 0.717) is 79.3 Å². The Morgan fingerprint density at radius 1 is 1.07 bits per heavy atom. The van der Waals surface area contributed by atoms with Gasteiger partial charge in [0, 0.05) is 31.7 Å². The molecule has 1 atom stereocenters. The van der Waals surface area contributed by atoms with E-state index in [4.69, 9.17) is 0 Å². The van der Waals surface area contributed by atoms with Gasteiger partial charge in [0.25, 0.3) is 0 Å². The first kappa shape index (κ1) is 28.3. The molecule has 1 fully saturated rings. The number of aryl methyl sites for hydroxylation is 2. The van der Waals surface area contributed by atoms with Gasteiger partial charge in [-0.05, 0) is 36.6 Å². The van der Waals surface area contributed by atoms with Gasteiger partial charge in [-0.25, -0.2) is 27.9 Å². The second-order valence-corrected chi connectivity index (χ2v) is 10.1. The lowest BCUT2D eigenvalue weighted by Gasteiger charge is -2.35. The van der Waals surface area contributed by atoms with Gasteiger partial charge in [0.2, 0.25) is 5.69 Å². The summed E-state index contributed by atoms with van der Waals surface area (Å²) in [6.45, 7) is 7.42. The summed E-state index contributed by atoms with van der Waals surface area (Å²) in [7, 11) is 0. The maximum atomic E-state index is 15.9. The lowest BCUT2D eigenvalue weighted by atomic mass is 10.1. The molecule has 0 saturated carbocycles. The fourth-order valence-electron chi connectivity index (χ4n) is 5.37. The van der Waals surface area contributed by atoms with E-state index in [2.05, 4.69) is 20.3 Å². The zero-order chi connectivity index (χ0) is 29.4. The first-order valence-corrected chi connectivity index (χ1v) is 13.6. The van der Waals surface area contributed by atoms with E-state index >= 15 is 4.39 Å². The lowest BCUT2D eigenvalue weighted by Crippen LogP contribution is -2.51. The van der Waals surface area contributed by atoms with Gasteiger partial charge in [0.1, 0.15) is 17.5 Å². The Morgan fingerprint density at radius 3 is 2.39 bits per heavy atom. The molecule has 0 bridgehead atoms. The number of benzene rings is 1. The summed E-state index contributed by atoms with van der Waals surface area (Å²) in [5.74, 6) is -4.45. The number of hydrogen-bond donors (Lipinski definition) is 3. The van der Waals surface area contributed by atoms with Crippen molar-refractivity contribution in [2.24, 2.45) is 0 Å². The van der Waals surface area contributed by atoms with Crippen molar-refractivity contribution in [2.75, 3.05) is 24.5 Å². The Labute approximate surface area is 233 Å². The Bertz CT molecular complexity index is 1670. The summed E-state index contributed by atoms with van der Waals surface area (Å²) in [5.41, 5.74) is -1.03. The number of phenolic OH excluding ortho intramolecular Hbond substituents is 1. The molecule has 4 aromatic rings. The van der Waals surface area contributed by atoms with E-state index in [0.717, 1.165) is 10.6 Å². The van der Waals surface area contributed by atoms with E-state index in [9.17, 15) is 23.9 Å². The van der Waals surface area contributed by atoms with Gasteiger partial charge in [-0.15, -0.1) is 4.57 Å². The Kier molecular flexibility index (Phi) is 7.80. The number of halogens is 3. The van der Waals surface area contributed by atoms with Crippen LogP contribution in [0.15, 0.2) is 29.3 Å². The van der Waals surface area contributed by atoms with Crippen molar-refractivity contribution in [3.8, 4) is 22.7 Å². The Hall–Kier alpha value is -4.26. The number of nitrogens with one attached hydrogen (secondary N) is 1. The molecule has 3 aromatic heterocycles. The lowest BCUT2D eigenvalue weighted by molar-refractivity contribution is -0.878. The molecule has 10 nitrogen and oxygen atoms in total. The maximum Gasteiger partial charge on any atom is 0.442 e. The highest BCUT2D eigenvalue weighted by molar-refractivity contribution is 5.88. The molecule has 3 N–H and O–H groups in total. The van der Waals surface area contributed by atoms with Crippen LogP contribution < -0.4 is 20.6 Å². The fourth-order valence-corrected chi connectivity index (χ4v) is 5.37.